The summed E-state index contributed by atoms with van der Waals surface area (Å²) in [5, 5.41) is 0. The zero-order valence-corrected chi connectivity index (χ0v) is 12.1. The first-order valence-corrected chi connectivity index (χ1v) is 6.91. The molecule has 0 bridgehead atoms. The summed E-state index contributed by atoms with van der Waals surface area (Å²) in [6.07, 6.45) is 0.344. The first kappa shape index (κ1) is 16.0. The molecule has 2 N–H and O–H groups in total. The van der Waals surface area contributed by atoms with E-state index in [9.17, 15) is 0 Å². The average Bonchev–Trinajstić information content (AvgIpc) is 2.39. The van der Waals surface area contributed by atoms with Crippen LogP contribution in [0.2, 0.25) is 0 Å². The van der Waals surface area contributed by atoms with Crippen molar-refractivity contribution in [3.8, 4) is 5.75 Å². The predicted octanol–water partition coefficient (Wildman–Crippen LogP) is 2.35. The van der Waals surface area contributed by atoms with Gasteiger partial charge in [-0.3, -0.25) is 0 Å². The van der Waals surface area contributed by atoms with Gasteiger partial charge in [0, 0.05) is 13.2 Å². The van der Waals surface area contributed by atoms with E-state index < -0.39 is 0 Å². The van der Waals surface area contributed by atoms with Gasteiger partial charge in [-0.25, -0.2) is 0 Å². The van der Waals surface area contributed by atoms with E-state index in [2.05, 4.69) is 0 Å². The van der Waals surface area contributed by atoms with Gasteiger partial charge in [0.1, 0.15) is 5.75 Å². The Morgan fingerprint density at radius 2 is 1.74 bits per heavy atom. The highest BCUT2D eigenvalue weighted by Crippen LogP contribution is 2.16. The van der Waals surface area contributed by atoms with Crippen molar-refractivity contribution >= 4 is 0 Å². The summed E-state index contributed by atoms with van der Waals surface area (Å²) >= 11 is 0. The summed E-state index contributed by atoms with van der Waals surface area (Å²) in [5.74, 6) is 0.872. The van der Waals surface area contributed by atoms with Gasteiger partial charge in [-0.2, -0.15) is 0 Å². The molecular formula is C15H25NO3. The first-order chi connectivity index (χ1) is 9.21. The van der Waals surface area contributed by atoms with E-state index in [0.29, 0.717) is 26.2 Å². The molecule has 0 aromatic heterocycles. The Balaban J connectivity index is 2.63. The molecule has 0 fully saturated rings. The summed E-state index contributed by atoms with van der Waals surface area (Å²) in [7, 11) is 0. The molecule has 0 saturated carbocycles. The zero-order chi connectivity index (χ0) is 14.1. The number of hydrogen-bond acceptors (Lipinski definition) is 4. The van der Waals surface area contributed by atoms with E-state index in [-0.39, 0.29) is 12.3 Å². The van der Waals surface area contributed by atoms with Crippen LogP contribution < -0.4 is 10.5 Å². The number of benzene rings is 1. The monoisotopic (exact) mass is 267 g/mol. The molecule has 0 heterocycles. The Morgan fingerprint density at radius 1 is 1.05 bits per heavy atom. The molecule has 0 aliphatic rings. The molecule has 0 radical (unpaired) electrons. The van der Waals surface area contributed by atoms with Crippen LogP contribution in [0.1, 0.15) is 26.3 Å². The van der Waals surface area contributed by atoms with E-state index in [1.807, 2.05) is 45.0 Å². The largest absolute Gasteiger partial charge is 0.494 e. The minimum atomic E-state index is -0.356. The quantitative estimate of drug-likeness (QED) is 0.698. The Labute approximate surface area is 115 Å². The molecule has 1 rings (SSSR count). The molecule has 4 heteroatoms. The first-order valence-electron chi connectivity index (χ1n) is 6.91. The molecule has 0 saturated heterocycles. The number of nitrogens with two attached hydrogens (primary N) is 1. The van der Waals surface area contributed by atoms with Crippen LogP contribution in [0.4, 0.5) is 0 Å². The highest BCUT2D eigenvalue weighted by Gasteiger charge is 2.18. The summed E-state index contributed by atoms with van der Waals surface area (Å²) in [4.78, 5) is 0. The predicted molar refractivity (Wildman–Crippen MR) is 76.3 cm³/mol. The van der Waals surface area contributed by atoms with E-state index in [0.717, 1.165) is 11.3 Å². The lowest BCUT2D eigenvalue weighted by Crippen LogP contribution is -2.40. The van der Waals surface area contributed by atoms with Crippen molar-refractivity contribution < 1.29 is 14.2 Å². The van der Waals surface area contributed by atoms with Crippen LogP contribution in [-0.2, 0) is 15.9 Å². The smallest absolute Gasteiger partial charge is 0.172 e. The van der Waals surface area contributed by atoms with Crippen LogP contribution in [0.25, 0.3) is 0 Å². The fraction of sp³-hybridized carbons (Fsp3) is 0.600. The SMILES string of the molecule is CCOc1cccc(CC(N)C(OCC)OCC)c1. The van der Waals surface area contributed by atoms with Gasteiger partial charge in [0.2, 0.25) is 0 Å². The van der Waals surface area contributed by atoms with Gasteiger partial charge in [0.05, 0.1) is 12.6 Å². The van der Waals surface area contributed by atoms with Crippen LogP contribution in [0.5, 0.6) is 5.75 Å². The molecule has 1 unspecified atom stereocenters. The fourth-order valence-corrected chi connectivity index (χ4v) is 1.92. The molecule has 1 aromatic rings. The standard InChI is InChI=1S/C15H25NO3/c1-4-17-13-9-7-8-12(10-13)11-14(16)15(18-5-2)19-6-3/h7-10,14-15H,4-6,11,16H2,1-3H3. The van der Waals surface area contributed by atoms with Gasteiger partial charge in [0.15, 0.2) is 6.29 Å². The lowest BCUT2D eigenvalue weighted by molar-refractivity contribution is -0.148. The number of ether oxygens (including phenoxy) is 3. The maximum absolute atomic E-state index is 6.16. The van der Waals surface area contributed by atoms with Crippen LogP contribution in [0.15, 0.2) is 24.3 Å². The van der Waals surface area contributed by atoms with Crippen LogP contribution >= 0.6 is 0 Å². The minimum absolute atomic E-state index is 0.184. The highest BCUT2D eigenvalue weighted by molar-refractivity contribution is 5.29. The van der Waals surface area contributed by atoms with E-state index in [1.165, 1.54) is 0 Å². The third-order valence-electron chi connectivity index (χ3n) is 2.69. The Hall–Kier alpha value is -1.10. The maximum atomic E-state index is 6.16. The van der Waals surface area contributed by atoms with Gasteiger partial charge < -0.3 is 19.9 Å². The third-order valence-corrected chi connectivity index (χ3v) is 2.69. The molecule has 1 atom stereocenters. The Morgan fingerprint density at radius 3 is 2.32 bits per heavy atom. The van der Waals surface area contributed by atoms with Crippen LogP contribution in [0, 0.1) is 0 Å². The molecule has 1 aromatic carbocycles. The van der Waals surface area contributed by atoms with Gasteiger partial charge in [0.25, 0.3) is 0 Å². The van der Waals surface area contributed by atoms with E-state index in [1.54, 1.807) is 0 Å². The molecule has 108 valence electrons. The van der Waals surface area contributed by atoms with Crippen molar-refractivity contribution in [2.24, 2.45) is 5.73 Å². The van der Waals surface area contributed by atoms with Crippen LogP contribution in [0.3, 0.4) is 0 Å². The Kier molecular flexibility index (Phi) is 7.48. The normalized spacial score (nSPS) is 12.7. The molecule has 0 amide bonds. The van der Waals surface area contributed by atoms with Crippen molar-refractivity contribution in [3.63, 3.8) is 0 Å². The summed E-state index contributed by atoms with van der Waals surface area (Å²) in [6, 6.07) is 7.79. The average molecular weight is 267 g/mol. The molecule has 0 spiro atoms. The summed E-state index contributed by atoms with van der Waals surface area (Å²) < 4.78 is 16.5. The van der Waals surface area contributed by atoms with Crippen molar-refractivity contribution in [1.29, 1.82) is 0 Å². The lowest BCUT2D eigenvalue weighted by Gasteiger charge is -2.23. The number of rotatable bonds is 9. The summed E-state index contributed by atoms with van der Waals surface area (Å²) in [5.41, 5.74) is 7.28. The van der Waals surface area contributed by atoms with Crippen molar-refractivity contribution in [2.75, 3.05) is 19.8 Å². The van der Waals surface area contributed by atoms with Gasteiger partial charge >= 0.3 is 0 Å². The lowest BCUT2D eigenvalue weighted by atomic mass is 10.1. The Bertz CT molecular complexity index is 351. The van der Waals surface area contributed by atoms with Gasteiger partial charge in [-0.1, -0.05) is 12.1 Å². The van der Waals surface area contributed by atoms with Crippen molar-refractivity contribution in [2.45, 2.75) is 39.5 Å². The van der Waals surface area contributed by atoms with E-state index in [4.69, 9.17) is 19.9 Å². The molecule has 0 aliphatic carbocycles. The summed E-state index contributed by atoms with van der Waals surface area (Å²) in [6.45, 7) is 7.70. The third kappa shape index (κ3) is 5.59. The fourth-order valence-electron chi connectivity index (χ4n) is 1.92. The molecule has 4 nitrogen and oxygen atoms in total. The van der Waals surface area contributed by atoms with E-state index >= 15 is 0 Å². The second-order valence-corrected chi connectivity index (χ2v) is 4.23. The topological polar surface area (TPSA) is 53.7 Å². The second-order valence-electron chi connectivity index (χ2n) is 4.23. The molecule has 0 aliphatic heterocycles. The highest BCUT2D eigenvalue weighted by atomic mass is 16.7. The van der Waals surface area contributed by atoms with Crippen LogP contribution in [-0.4, -0.2) is 32.2 Å². The molecular weight excluding hydrogens is 242 g/mol. The zero-order valence-electron chi connectivity index (χ0n) is 12.1. The van der Waals surface area contributed by atoms with Gasteiger partial charge in [-0.05, 0) is 44.9 Å². The molecule has 19 heavy (non-hydrogen) atoms. The number of hydrogen-bond donors (Lipinski definition) is 1. The minimum Gasteiger partial charge on any atom is -0.494 e. The second kappa shape index (κ2) is 8.91. The van der Waals surface area contributed by atoms with Gasteiger partial charge in [-0.15, -0.1) is 0 Å². The van der Waals surface area contributed by atoms with Crippen molar-refractivity contribution in [3.05, 3.63) is 29.8 Å². The van der Waals surface area contributed by atoms with Crippen molar-refractivity contribution in [1.82, 2.24) is 0 Å². The maximum Gasteiger partial charge on any atom is 0.172 e.